The minimum Gasteiger partial charge on any atom is -0.496 e. The molecule has 0 aromatic heterocycles. The molecule has 3 aromatic carbocycles. The number of aryl methyl sites for hydroxylation is 1. The molecule has 0 saturated heterocycles. The van der Waals surface area contributed by atoms with Crippen LogP contribution in [-0.2, 0) is 6.42 Å². The van der Waals surface area contributed by atoms with E-state index in [-0.39, 0.29) is 25.1 Å². The Labute approximate surface area is 161 Å². The average Bonchev–Trinajstić information content (AvgIpc) is 2.66. The van der Waals surface area contributed by atoms with Crippen LogP contribution in [0.5, 0.6) is 5.75 Å². The van der Waals surface area contributed by atoms with Gasteiger partial charge in [-0.05, 0) is 35.7 Å². The van der Waals surface area contributed by atoms with Crippen LogP contribution in [0.25, 0.3) is 10.8 Å². The molecule has 4 heteroatoms. The number of hydrogen-bond donors (Lipinski definition) is 2. The molecule has 1 unspecified atom stereocenters. The zero-order valence-corrected chi connectivity index (χ0v) is 16.1. The van der Waals surface area contributed by atoms with Crippen molar-refractivity contribution in [1.29, 1.82) is 0 Å². The lowest BCUT2D eigenvalue weighted by Crippen LogP contribution is -2.27. The number of aliphatic hydroxyl groups excluding tert-OH is 1. The molecule has 0 bridgehead atoms. The van der Waals surface area contributed by atoms with E-state index in [1.165, 1.54) is 21.9 Å². The predicted octanol–water partition coefficient (Wildman–Crippen LogP) is 4.44. The van der Waals surface area contributed by atoms with E-state index in [2.05, 4.69) is 66.8 Å². The monoisotopic (exact) mass is 371 g/mol. The van der Waals surface area contributed by atoms with Crippen molar-refractivity contribution in [3.8, 4) is 5.75 Å². The highest BCUT2D eigenvalue weighted by Gasteiger charge is 2.19. The van der Waals surface area contributed by atoms with Crippen LogP contribution in [-0.4, -0.2) is 25.4 Å². The Kier molecular flexibility index (Phi) is 7.46. The van der Waals surface area contributed by atoms with Crippen LogP contribution >= 0.6 is 12.4 Å². The van der Waals surface area contributed by atoms with E-state index in [1.807, 2.05) is 6.07 Å². The van der Waals surface area contributed by atoms with Crippen LogP contribution in [0.2, 0.25) is 0 Å². The number of halogens is 1. The van der Waals surface area contributed by atoms with Crippen LogP contribution in [0.3, 0.4) is 0 Å². The molecule has 0 spiro atoms. The van der Waals surface area contributed by atoms with Gasteiger partial charge in [-0.3, -0.25) is 0 Å². The number of aliphatic hydroxyl groups is 1. The predicted molar refractivity (Wildman–Crippen MR) is 110 cm³/mol. The van der Waals surface area contributed by atoms with Gasteiger partial charge in [-0.15, -0.1) is 12.4 Å². The number of nitrogens with one attached hydrogen (secondary N) is 1. The maximum atomic E-state index is 9.31. The lowest BCUT2D eigenvalue weighted by molar-refractivity contribution is 0.283. The van der Waals surface area contributed by atoms with Gasteiger partial charge in [0.2, 0.25) is 0 Å². The summed E-state index contributed by atoms with van der Waals surface area (Å²) in [5.41, 5.74) is 3.66. The number of methoxy groups -OCH3 is 1. The van der Waals surface area contributed by atoms with E-state index >= 15 is 0 Å². The first-order valence-electron chi connectivity index (χ1n) is 8.68. The third-order valence-corrected chi connectivity index (χ3v) is 4.56. The van der Waals surface area contributed by atoms with E-state index in [1.54, 1.807) is 7.11 Å². The van der Waals surface area contributed by atoms with Crippen molar-refractivity contribution in [2.24, 2.45) is 0 Å². The summed E-state index contributed by atoms with van der Waals surface area (Å²) in [5.74, 6) is 0.876. The Morgan fingerprint density at radius 1 is 1.00 bits per heavy atom. The summed E-state index contributed by atoms with van der Waals surface area (Å²) in [7, 11) is 1.71. The van der Waals surface area contributed by atoms with Crippen molar-refractivity contribution in [2.45, 2.75) is 19.4 Å². The van der Waals surface area contributed by atoms with Gasteiger partial charge in [-0.2, -0.15) is 0 Å². The number of rotatable bonds is 7. The third kappa shape index (κ3) is 4.55. The molecule has 26 heavy (non-hydrogen) atoms. The minimum absolute atomic E-state index is 0. The molecule has 3 aromatic rings. The molecule has 1 atom stereocenters. The molecule has 0 aliphatic rings. The molecule has 138 valence electrons. The highest BCUT2D eigenvalue weighted by Crippen LogP contribution is 2.34. The van der Waals surface area contributed by atoms with Crippen LogP contribution in [0, 0.1) is 6.92 Å². The summed E-state index contributed by atoms with van der Waals surface area (Å²) in [5, 5.41) is 15.2. The van der Waals surface area contributed by atoms with E-state index in [0.717, 1.165) is 17.7 Å². The van der Waals surface area contributed by atoms with E-state index in [0.29, 0.717) is 6.54 Å². The second kappa shape index (κ2) is 9.58. The lowest BCUT2D eigenvalue weighted by Gasteiger charge is -2.23. The Bertz CT molecular complexity index is 833. The van der Waals surface area contributed by atoms with Gasteiger partial charge in [0.15, 0.2) is 0 Å². The first kappa shape index (κ1) is 20.2. The summed E-state index contributed by atoms with van der Waals surface area (Å²) < 4.78 is 5.67. The summed E-state index contributed by atoms with van der Waals surface area (Å²) >= 11 is 0. The average molecular weight is 372 g/mol. The molecule has 0 aliphatic carbocycles. The molecule has 2 N–H and O–H groups in total. The molecular formula is C22H26ClNO2. The second-order valence-corrected chi connectivity index (χ2v) is 6.32. The van der Waals surface area contributed by atoms with E-state index < -0.39 is 0 Å². The zero-order chi connectivity index (χ0) is 17.6. The fourth-order valence-electron chi connectivity index (χ4n) is 3.29. The lowest BCUT2D eigenvalue weighted by atomic mass is 9.92. The van der Waals surface area contributed by atoms with Gasteiger partial charge in [0.1, 0.15) is 5.75 Å². The Balaban J connectivity index is 0.00000243. The Morgan fingerprint density at radius 3 is 2.42 bits per heavy atom. The van der Waals surface area contributed by atoms with Crippen LogP contribution in [0.4, 0.5) is 0 Å². The summed E-state index contributed by atoms with van der Waals surface area (Å²) in [6.45, 7) is 2.75. The van der Waals surface area contributed by atoms with Crippen LogP contribution in [0.15, 0.2) is 60.7 Å². The van der Waals surface area contributed by atoms with Gasteiger partial charge in [0.25, 0.3) is 0 Å². The van der Waals surface area contributed by atoms with Crippen LogP contribution < -0.4 is 10.1 Å². The first-order chi connectivity index (χ1) is 12.2. The molecule has 0 fully saturated rings. The van der Waals surface area contributed by atoms with Gasteiger partial charge in [0.05, 0.1) is 13.7 Å². The zero-order valence-electron chi connectivity index (χ0n) is 15.2. The van der Waals surface area contributed by atoms with E-state index in [4.69, 9.17) is 4.74 Å². The second-order valence-electron chi connectivity index (χ2n) is 6.32. The van der Waals surface area contributed by atoms with Crippen molar-refractivity contribution in [3.63, 3.8) is 0 Å². The molecule has 0 saturated carbocycles. The summed E-state index contributed by atoms with van der Waals surface area (Å²) in [6, 6.07) is 21.2. The minimum atomic E-state index is 0. The van der Waals surface area contributed by atoms with Gasteiger partial charge in [0, 0.05) is 18.2 Å². The van der Waals surface area contributed by atoms with Crippen molar-refractivity contribution in [2.75, 3.05) is 20.3 Å². The summed E-state index contributed by atoms with van der Waals surface area (Å²) in [6.07, 6.45) is 0.838. The standard InChI is InChI=1S/C22H25NO2.ClH/c1-16-7-9-17(10-8-16)15-20(23-13-14-24)22-19-6-4-3-5-18(19)11-12-21(22)25-2;/h3-12,20,23-24H,13-15H2,1-2H3;1H. The fourth-order valence-corrected chi connectivity index (χ4v) is 3.29. The van der Waals surface area contributed by atoms with Crippen LogP contribution in [0.1, 0.15) is 22.7 Å². The quantitative estimate of drug-likeness (QED) is 0.645. The fraction of sp³-hybridized carbons (Fsp3) is 0.273. The molecule has 0 aliphatic heterocycles. The van der Waals surface area contributed by atoms with Gasteiger partial charge < -0.3 is 15.2 Å². The smallest absolute Gasteiger partial charge is 0.124 e. The largest absolute Gasteiger partial charge is 0.496 e. The topological polar surface area (TPSA) is 41.5 Å². The number of benzene rings is 3. The first-order valence-corrected chi connectivity index (χ1v) is 8.68. The molecule has 3 nitrogen and oxygen atoms in total. The maximum absolute atomic E-state index is 9.31. The highest BCUT2D eigenvalue weighted by molar-refractivity contribution is 5.88. The number of ether oxygens (including phenoxy) is 1. The number of hydrogen-bond acceptors (Lipinski definition) is 3. The van der Waals surface area contributed by atoms with Crippen molar-refractivity contribution >= 4 is 23.2 Å². The summed E-state index contributed by atoms with van der Waals surface area (Å²) in [4.78, 5) is 0. The molecular weight excluding hydrogens is 346 g/mol. The molecule has 3 rings (SSSR count). The molecule has 0 radical (unpaired) electrons. The molecule has 0 amide bonds. The highest BCUT2D eigenvalue weighted by atomic mass is 35.5. The Morgan fingerprint density at radius 2 is 1.73 bits per heavy atom. The Hall–Kier alpha value is -2.07. The van der Waals surface area contributed by atoms with E-state index in [9.17, 15) is 5.11 Å². The van der Waals surface area contributed by atoms with Crippen molar-refractivity contribution < 1.29 is 9.84 Å². The SMILES string of the molecule is COc1ccc2ccccc2c1C(Cc1ccc(C)cc1)NCCO.Cl. The molecule has 0 heterocycles. The number of fused-ring (bicyclic) bond motifs is 1. The van der Waals surface area contributed by atoms with Gasteiger partial charge in [-0.1, -0.05) is 60.2 Å². The normalized spacial score (nSPS) is 11.8. The van der Waals surface area contributed by atoms with Crippen molar-refractivity contribution in [1.82, 2.24) is 5.32 Å². The van der Waals surface area contributed by atoms with Gasteiger partial charge >= 0.3 is 0 Å². The van der Waals surface area contributed by atoms with Crippen molar-refractivity contribution in [3.05, 3.63) is 77.4 Å². The maximum Gasteiger partial charge on any atom is 0.124 e. The third-order valence-electron chi connectivity index (χ3n) is 4.56. The van der Waals surface area contributed by atoms with Gasteiger partial charge in [-0.25, -0.2) is 0 Å².